The van der Waals surface area contributed by atoms with Crippen molar-refractivity contribution < 1.29 is 0 Å². The van der Waals surface area contributed by atoms with Gasteiger partial charge in [-0.3, -0.25) is 0 Å². The van der Waals surface area contributed by atoms with Crippen molar-refractivity contribution in [1.29, 1.82) is 0 Å². The summed E-state index contributed by atoms with van der Waals surface area (Å²) in [5, 5.41) is 4.03. The molecule has 16 heavy (non-hydrogen) atoms. The van der Waals surface area contributed by atoms with E-state index in [-0.39, 0.29) is 0 Å². The van der Waals surface area contributed by atoms with Crippen LogP contribution in [-0.4, -0.2) is 11.0 Å². The van der Waals surface area contributed by atoms with Crippen LogP contribution in [0.3, 0.4) is 0 Å². The second kappa shape index (κ2) is 6.74. The molecule has 1 rings (SSSR count). The van der Waals surface area contributed by atoms with Gasteiger partial charge in [0.25, 0.3) is 0 Å². The highest BCUT2D eigenvalue weighted by molar-refractivity contribution is 6.29. The van der Waals surface area contributed by atoms with Crippen LogP contribution >= 0.6 is 11.6 Å². The molecule has 0 saturated heterocycles. The topological polar surface area (TPSA) is 24.9 Å². The first kappa shape index (κ1) is 13.3. The Balaban J connectivity index is 2.46. The molecule has 0 aliphatic heterocycles. The molecule has 1 atom stereocenters. The molecule has 0 saturated carbocycles. The number of unbranched alkanes of at least 4 members (excludes halogenated alkanes) is 2. The van der Waals surface area contributed by atoms with Crippen molar-refractivity contribution in [1.82, 2.24) is 4.98 Å². The van der Waals surface area contributed by atoms with Crippen LogP contribution in [0.25, 0.3) is 0 Å². The first-order valence-corrected chi connectivity index (χ1v) is 6.41. The smallest absolute Gasteiger partial charge is 0.129 e. The molecule has 0 aliphatic carbocycles. The van der Waals surface area contributed by atoms with Gasteiger partial charge in [-0.15, -0.1) is 0 Å². The van der Waals surface area contributed by atoms with Crippen LogP contribution in [0, 0.1) is 6.92 Å². The Kier molecular flexibility index (Phi) is 5.61. The summed E-state index contributed by atoms with van der Waals surface area (Å²) in [6, 6.07) is 4.32. The molecular formula is C13H21ClN2. The van der Waals surface area contributed by atoms with E-state index >= 15 is 0 Å². The molecule has 1 aromatic rings. The summed E-state index contributed by atoms with van der Waals surface area (Å²) in [4.78, 5) is 4.23. The third-order valence-electron chi connectivity index (χ3n) is 2.69. The Labute approximate surface area is 103 Å². The second-order valence-corrected chi connectivity index (χ2v) is 4.70. The number of anilines is 1. The number of aryl methyl sites for hydroxylation is 1. The first-order valence-electron chi connectivity index (χ1n) is 6.03. The Morgan fingerprint density at radius 3 is 2.75 bits per heavy atom. The lowest BCUT2D eigenvalue weighted by Crippen LogP contribution is -2.15. The lowest BCUT2D eigenvalue weighted by atomic mass is 10.1. The van der Waals surface area contributed by atoms with Gasteiger partial charge in [-0.1, -0.05) is 37.8 Å². The van der Waals surface area contributed by atoms with E-state index in [2.05, 4.69) is 24.1 Å². The highest BCUT2D eigenvalue weighted by atomic mass is 35.5. The van der Waals surface area contributed by atoms with E-state index in [1.54, 1.807) is 0 Å². The molecule has 1 unspecified atom stereocenters. The fourth-order valence-corrected chi connectivity index (χ4v) is 1.91. The quantitative estimate of drug-likeness (QED) is 0.588. The molecular weight excluding hydrogens is 220 g/mol. The van der Waals surface area contributed by atoms with Crippen molar-refractivity contribution in [2.75, 3.05) is 5.32 Å². The van der Waals surface area contributed by atoms with Crippen molar-refractivity contribution in [2.45, 2.75) is 52.5 Å². The molecule has 0 aromatic carbocycles. The van der Waals surface area contributed by atoms with Crippen LogP contribution < -0.4 is 5.32 Å². The fourth-order valence-electron chi connectivity index (χ4n) is 1.72. The third-order valence-corrected chi connectivity index (χ3v) is 2.90. The summed E-state index contributed by atoms with van der Waals surface area (Å²) in [5.41, 5.74) is 2.06. The van der Waals surface area contributed by atoms with Crippen molar-refractivity contribution >= 4 is 17.3 Å². The summed E-state index contributed by atoms with van der Waals surface area (Å²) in [6.07, 6.45) is 5.07. The highest BCUT2D eigenvalue weighted by Gasteiger charge is 2.05. The van der Waals surface area contributed by atoms with Crippen LogP contribution in [0.5, 0.6) is 0 Å². The number of hydrogen-bond donors (Lipinski definition) is 1. The molecule has 0 bridgehead atoms. The monoisotopic (exact) mass is 240 g/mol. The minimum atomic E-state index is 0.494. The number of pyridine rings is 1. The van der Waals surface area contributed by atoms with E-state index in [0.717, 1.165) is 11.4 Å². The maximum Gasteiger partial charge on any atom is 0.129 e. The number of aromatic nitrogens is 1. The van der Waals surface area contributed by atoms with Gasteiger partial charge in [-0.25, -0.2) is 4.98 Å². The van der Waals surface area contributed by atoms with E-state index in [0.29, 0.717) is 11.2 Å². The highest BCUT2D eigenvalue weighted by Crippen LogP contribution is 2.17. The molecule has 3 heteroatoms. The third kappa shape index (κ3) is 4.40. The van der Waals surface area contributed by atoms with Crippen LogP contribution in [-0.2, 0) is 0 Å². The first-order chi connectivity index (χ1) is 7.63. The molecule has 0 spiro atoms. The van der Waals surface area contributed by atoms with Crippen molar-refractivity contribution in [2.24, 2.45) is 0 Å². The molecule has 1 heterocycles. The summed E-state index contributed by atoms with van der Waals surface area (Å²) in [5.74, 6) is 0. The van der Waals surface area contributed by atoms with Crippen molar-refractivity contribution in [3.8, 4) is 0 Å². The van der Waals surface area contributed by atoms with Crippen molar-refractivity contribution in [3.05, 3.63) is 23.0 Å². The summed E-state index contributed by atoms with van der Waals surface area (Å²) in [7, 11) is 0. The van der Waals surface area contributed by atoms with Gasteiger partial charge in [0.15, 0.2) is 0 Å². The molecule has 1 N–H and O–H groups in total. The maximum absolute atomic E-state index is 5.82. The van der Waals surface area contributed by atoms with Gasteiger partial charge in [0.05, 0.1) is 11.4 Å². The Bertz CT molecular complexity index is 326. The van der Waals surface area contributed by atoms with Gasteiger partial charge in [0.1, 0.15) is 5.15 Å². The standard InChI is InChI=1S/C13H21ClN2/c1-4-5-6-7-10(2)15-12-8-9-13(14)16-11(12)3/h8-10,15H,4-7H2,1-3H3. The Morgan fingerprint density at radius 2 is 2.12 bits per heavy atom. The maximum atomic E-state index is 5.82. The van der Waals surface area contributed by atoms with Gasteiger partial charge < -0.3 is 5.32 Å². The summed E-state index contributed by atoms with van der Waals surface area (Å²) >= 11 is 5.82. The van der Waals surface area contributed by atoms with Gasteiger partial charge in [-0.05, 0) is 32.4 Å². The number of halogens is 1. The van der Waals surface area contributed by atoms with E-state index < -0.39 is 0 Å². The average Bonchev–Trinajstić information content (AvgIpc) is 2.23. The SMILES string of the molecule is CCCCCC(C)Nc1ccc(Cl)nc1C. The van der Waals surface area contributed by atoms with Crippen LogP contribution in [0.15, 0.2) is 12.1 Å². The number of nitrogens with zero attached hydrogens (tertiary/aromatic N) is 1. The number of rotatable bonds is 6. The molecule has 1 aromatic heterocycles. The lowest BCUT2D eigenvalue weighted by molar-refractivity contribution is 0.614. The van der Waals surface area contributed by atoms with Crippen LogP contribution in [0.4, 0.5) is 5.69 Å². The zero-order chi connectivity index (χ0) is 12.0. The second-order valence-electron chi connectivity index (χ2n) is 4.31. The molecule has 0 amide bonds. The Hall–Kier alpha value is -0.760. The minimum Gasteiger partial charge on any atom is -0.381 e. The molecule has 90 valence electrons. The largest absolute Gasteiger partial charge is 0.381 e. The zero-order valence-electron chi connectivity index (χ0n) is 10.4. The van der Waals surface area contributed by atoms with Gasteiger partial charge >= 0.3 is 0 Å². The van der Waals surface area contributed by atoms with Gasteiger partial charge in [-0.2, -0.15) is 0 Å². The van der Waals surface area contributed by atoms with Gasteiger partial charge in [0.2, 0.25) is 0 Å². The summed E-state index contributed by atoms with van der Waals surface area (Å²) < 4.78 is 0. The van der Waals surface area contributed by atoms with Crippen molar-refractivity contribution in [3.63, 3.8) is 0 Å². The predicted octanol–water partition coefficient (Wildman–Crippen LogP) is 4.42. The van der Waals surface area contributed by atoms with E-state index in [1.165, 1.54) is 25.7 Å². The van der Waals surface area contributed by atoms with E-state index in [1.807, 2.05) is 19.1 Å². The number of hydrogen-bond acceptors (Lipinski definition) is 2. The molecule has 0 radical (unpaired) electrons. The molecule has 0 fully saturated rings. The predicted molar refractivity (Wildman–Crippen MR) is 71.2 cm³/mol. The van der Waals surface area contributed by atoms with Crippen LogP contribution in [0.1, 0.15) is 45.2 Å². The summed E-state index contributed by atoms with van der Waals surface area (Å²) in [6.45, 7) is 6.42. The normalized spacial score (nSPS) is 12.5. The fraction of sp³-hybridized carbons (Fsp3) is 0.615. The minimum absolute atomic E-state index is 0.494. The van der Waals surface area contributed by atoms with Gasteiger partial charge in [0, 0.05) is 6.04 Å². The van der Waals surface area contributed by atoms with E-state index in [9.17, 15) is 0 Å². The number of nitrogens with one attached hydrogen (secondary N) is 1. The zero-order valence-corrected chi connectivity index (χ0v) is 11.1. The lowest BCUT2D eigenvalue weighted by Gasteiger charge is -2.16. The molecule has 0 aliphatic rings. The average molecular weight is 241 g/mol. The van der Waals surface area contributed by atoms with E-state index in [4.69, 9.17) is 11.6 Å². The Morgan fingerprint density at radius 1 is 1.38 bits per heavy atom. The van der Waals surface area contributed by atoms with Crippen LogP contribution in [0.2, 0.25) is 5.15 Å². The molecule has 2 nitrogen and oxygen atoms in total.